The second-order valence-electron chi connectivity index (χ2n) is 2.24. The van der Waals surface area contributed by atoms with E-state index in [1.54, 1.807) is 11.5 Å². The van der Waals surface area contributed by atoms with Crippen molar-refractivity contribution in [1.29, 1.82) is 0 Å². The zero-order valence-electron chi connectivity index (χ0n) is 6.51. The largest absolute Gasteiger partial charge is 0.197 e. The molecule has 1 heterocycles. The summed E-state index contributed by atoms with van der Waals surface area (Å²) in [5, 5.41) is 0. The molecule has 0 aromatic carbocycles. The minimum absolute atomic E-state index is 1.14. The minimum Gasteiger partial charge on any atom is -0.197 e. The second-order valence-corrected chi connectivity index (χ2v) is 3.22. The van der Waals surface area contributed by atoms with E-state index >= 15 is 0 Å². The Morgan fingerprint density at radius 2 is 2.10 bits per heavy atom. The molecule has 0 spiro atoms. The van der Waals surface area contributed by atoms with E-state index < -0.39 is 0 Å². The van der Waals surface area contributed by atoms with Gasteiger partial charge in [0.25, 0.3) is 0 Å². The van der Waals surface area contributed by atoms with Crippen LogP contribution in [-0.2, 0) is 0 Å². The Morgan fingerprint density at radius 3 is 2.50 bits per heavy atom. The van der Waals surface area contributed by atoms with Crippen molar-refractivity contribution in [3.8, 4) is 0 Å². The van der Waals surface area contributed by atoms with Gasteiger partial charge in [-0.25, -0.2) is 0 Å². The minimum atomic E-state index is 1.14. The Kier molecular flexibility index (Phi) is 2.22. The molecule has 0 bridgehead atoms. The lowest BCUT2D eigenvalue weighted by Gasteiger charge is -1.88. The van der Waals surface area contributed by atoms with E-state index in [2.05, 4.69) is 17.4 Å². The molecule has 1 rings (SSSR count). The summed E-state index contributed by atoms with van der Waals surface area (Å²) in [4.78, 5) is 1.30. The molecular weight excluding hydrogens is 142 g/mol. The molecule has 10 heavy (non-hydrogen) atoms. The first kappa shape index (κ1) is 7.48. The molecule has 0 fully saturated rings. The van der Waals surface area contributed by atoms with Crippen LogP contribution in [0.25, 0.3) is 6.08 Å². The van der Waals surface area contributed by atoms with Crippen LogP contribution in [-0.4, -0.2) is 4.37 Å². The van der Waals surface area contributed by atoms with E-state index in [0.717, 1.165) is 5.69 Å². The van der Waals surface area contributed by atoms with Crippen LogP contribution in [0.5, 0.6) is 0 Å². The summed E-state index contributed by atoms with van der Waals surface area (Å²) in [6, 6.07) is 0. The smallest absolute Gasteiger partial charge is 0.0586 e. The Bertz CT molecular complexity index is 228. The number of hydrogen-bond acceptors (Lipinski definition) is 2. The van der Waals surface area contributed by atoms with Gasteiger partial charge in [-0.05, 0) is 32.3 Å². The molecule has 0 aliphatic carbocycles. The fourth-order valence-electron chi connectivity index (χ4n) is 0.895. The van der Waals surface area contributed by atoms with E-state index in [-0.39, 0.29) is 0 Å². The normalized spacial score (nSPS) is 11.1. The number of nitrogens with zero attached hydrogens (tertiary/aromatic N) is 1. The summed E-state index contributed by atoms with van der Waals surface area (Å²) in [5.74, 6) is 0. The highest BCUT2D eigenvalue weighted by Crippen LogP contribution is 2.17. The molecule has 0 unspecified atom stereocenters. The van der Waals surface area contributed by atoms with Crippen LogP contribution in [0.15, 0.2) is 6.08 Å². The molecule has 0 amide bonds. The van der Waals surface area contributed by atoms with Crippen LogP contribution in [0.1, 0.15) is 23.1 Å². The second kappa shape index (κ2) is 2.97. The van der Waals surface area contributed by atoms with E-state index in [1.807, 2.05) is 19.9 Å². The maximum atomic E-state index is 4.23. The van der Waals surface area contributed by atoms with Gasteiger partial charge in [0.2, 0.25) is 0 Å². The first-order valence-corrected chi connectivity index (χ1v) is 4.08. The fourth-order valence-corrected chi connectivity index (χ4v) is 1.58. The van der Waals surface area contributed by atoms with Gasteiger partial charge < -0.3 is 0 Å². The van der Waals surface area contributed by atoms with Gasteiger partial charge in [0, 0.05) is 10.4 Å². The monoisotopic (exact) mass is 153 g/mol. The van der Waals surface area contributed by atoms with Crippen molar-refractivity contribution in [2.75, 3.05) is 0 Å². The predicted octanol–water partition coefficient (Wildman–Crippen LogP) is 2.79. The highest BCUT2D eigenvalue weighted by Gasteiger charge is 2.00. The predicted molar refractivity (Wildman–Crippen MR) is 46.3 cm³/mol. The SMILES string of the molecule is C/C=C\c1c(C)nsc1C. The molecule has 0 radical (unpaired) electrons. The maximum Gasteiger partial charge on any atom is 0.0586 e. The molecule has 0 aliphatic rings. The number of rotatable bonds is 1. The summed E-state index contributed by atoms with van der Waals surface area (Å²) in [7, 11) is 0. The fraction of sp³-hybridized carbons (Fsp3) is 0.375. The summed E-state index contributed by atoms with van der Waals surface area (Å²) >= 11 is 1.57. The Morgan fingerprint density at radius 1 is 1.40 bits per heavy atom. The zero-order chi connectivity index (χ0) is 7.56. The topological polar surface area (TPSA) is 12.9 Å². The molecule has 0 saturated carbocycles. The number of aryl methyl sites for hydroxylation is 2. The first-order valence-electron chi connectivity index (χ1n) is 3.31. The molecular formula is C8H11NS. The average molecular weight is 153 g/mol. The number of hydrogen-bond donors (Lipinski definition) is 0. The lowest BCUT2D eigenvalue weighted by Crippen LogP contribution is -1.74. The Balaban J connectivity index is 3.10. The van der Waals surface area contributed by atoms with Crippen molar-refractivity contribution < 1.29 is 0 Å². The van der Waals surface area contributed by atoms with Gasteiger partial charge in [-0.15, -0.1) is 0 Å². The molecule has 0 atom stereocenters. The van der Waals surface area contributed by atoms with Crippen LogP contribution in [0, 0.1) is 13.8 Å². The van der Waals surface area contributed by atoms with Crippen LogP contribution < -0.4 is 0 Å². The van der Waals surface area contributed by atoms with Crippen molar-refractivity contribution >= 4 is 17.6 Å². The summed E-state index contributed by atoms with van der Waals surface area (Å²) in [6.45, 7) is 6.16. The standard InChI is InChI=1S/C8H11NS/c1-4-5-8-6(2)9-10-7(8)3/h4-5H,1-3H3/b5-4-. The molecule has 1 aromatic heterocycles. The molecule has 1 nitrogen and oxygen atoms in total. The van der Waals surface area contributed by atoms with Crippen LogP contribution in [0.3, 0.4) is 0 Å². The molecule has 54 valence electrons. The molecule has 0 N–H and O–H groups in total. The van der Waals surface area contributed by atoms with Crippen molar-refractivity contribution in [2.24, 2.45) is 0 Å². The van der Waals surface area contributed by atoms with Gasteiger partial charge in [-0.2, -0.15) is 4.37 Å². The molecule has 0 aliphatic heterocycles. The van der Waals surface area contributed by atoms with Gasteiger partial charge >= 0.3 is 0 Å². The zero-order valence-corrected chi connectivity index (χ0v) is 7.33. The third kappa shape index (κ3) is 1.27. The van der Waals surface area contributed by atoms with Crippen molar-refractivity contribution in [2.45, 2.75) is 20.8 Å². The maximum absolute atomic E-state index is 4.23. The van der Waals surface area contributed by atoms with Crippen LogP contribution in [0.2, 0.25) is 0 Å². The highest BCUT2D eigenvalue weighted by molar-refractivity contribution is 7.06. The quantitative estimate of drug-likeness (QED) is 0.604. The van der Waals surface area contributed by atoms with Gasteiger partial charge in [0.05, 0.1) is 5.69 Å². The van der Waals surface area contributed by atoms with Gasteiger partial charge in [-0.1, -0.05) is 12.2 Å². The average Bonchev–Trinajstić information content (AvgIpc) is 2.20. The van der Waals surface area contributed by atoms with Crippen molar-refractivity contribution in [3.05, 3.63) is 22.2 Å². The van der Waals surface area contributed by atoms with E-state index in [4.69, 9.17) is 0 Å². The highest BCUT2D eigenvalue weighted by atomic mass is 32.1. The van der Waals surface area contributed by atoms with Crippen LogP contribution in [0.4, 0.5) is 0 Å². The molecule has 1 aromatic rings. The van der Waals surface area contributed by atoms with E-state index in [0.29, 0.717) is 0 Å². The van der Waals surface area contributed by atoms with E-state index in [9.17, 15) is 0 Å². The van der Waals surface area contributed by atoms with E-state index in [1.165, 1.54) is 10.4 Å². The molecule has 0 saturated heterocycles. The number of aromatic nitrogens is 1. The van der Waals surface area contributed by atoms with Crippen LogP contribution >= 0.6 is 11.5 Å². The van der Waals surface area contributed by atoms with Crippen molar-refractivity contribution in [1.82, 2.24) is 4.37 Å². The number of allylic oxidation sites excluding steroid dienone is 1. The Hall–Kier alpha value is -0.630. The third-order valence-electron chi connectivity index (χ3n) is 1.42. The summed E-state index contributed by atoms with van der Waals surface area (Å²) in [6.07, 6.45) is 4.15. The van der Waals surface area contributed by atoms with Gasteiger partial charge in [-0.3, -0.25) is 0 Å². The summed E-state index contributed by atoms with van der Waals surface area (Å²) in [5.41, 5.74) is 2.42. The lowest BCUT2D eigenvalue weighted by molar-refractivity contribution is 1.32. The third-order valence-corrected chi connectivity index (χ3v) is 2.28. The Labute approximate surface area is 65.6 Å². The first-order chi connectivity index (χ1) is 4.75. The van der Waals surface area contributed by atoms with Gasteiger partial charge in [0.15, 0.2) is 0 Å². The lowest BCUT2D eigenvalue weighted by atomic mass is 10.2. The summed E-state index contributed by atoms with van der Waals surface area (Å²) < 4.78 is 4.23. The molecule has 2 heteroatoms. The van der Waals surface area contributed by atoms with Gasteiger partial charge in [0.1, 0.15) is 0 Å². The van der Waals surface area contributed by atoms with Crippen molar-refractivity contribution in [3.63, 3.8) is 0 Å².